The van der Waals surface area contributed by atoms with Crippen LogP contribution in [0.1, 0.15) is 52.3 Å². The molecule has 0 saturated carbocycles. The van der Waals surface area contributed by atoms with Gasteiger partial charge in [-0.1, -0.05) is 20.8 Å². The maximum Gasteiger partial charge on any atom is 0.0537 e. The SMILES string of the molecule is Cc1c(CNC(C)(C)CC(C)(C)C)cnn1C. The molecule has 0 aliphatic carbocycles. The molecule has 1 aromatic rings. The van der Waals surface area contributed by atoms with Crippen LogP contribution < -0.4 is 5.32 Å². The molecule has 1 N–H and O–H groups in total. The summed E-state index contributed by atoms with van der Waals surface area (Å²) in [6.07, 6.45) is 3.11. The van der Waals surface area contributed by atoms with E-state index in [-0.39, 0.29) is 5.54 Å². The standard InChI is InChI=1S/C14H27N3/c1-11-12(9-16-17(11)7)8-15-14(5,6)10-13(2,3)4/h9,15H,8,10H2,1-7H3. The van der Waals surface area contributed by atoms with Crippen molar-refractivity contribution in [2.45, 2.75) is 60.0 Å². The van der Waals surface area contributed by atoms with Crippen LogP contribution in [0.2, 0.25) is 0 Å². The average molecular weight is 237 g/mol. The molecule has 3 nitrogen and oxygen atoms in total. The predicted molar refractivity (Wildman–Crippen MR) is 72.9 cm³/mol. The van der Waals surface area contributed by atoms with E-state index in [1.807, 2.05) is 17.9 Å². The Morgan fingerprint density at radius 3 is 2.24 bits per heavy atom. The number of nitrogens with zero attached hydrogens (tertiary/aromatic N) is 2. The van der Waals surface area contributed by atoms with Gasteiger partial charge in [-0.2, -0.15) is 5.10 Å². The van der Waals surface area contributed by atoms with Crippen molar-refractivity contribution in [1.29, 1.82) is 0 Å². The van der Waals surface area contributed by atoms with Crippen LogP contribution in [-0.2, 0) is 13.6 Å². The minimum Gasteiger partial charge on any atom is -0.308 e. The van der Waals surface area contributed by atoms with Crippen LogP contribution in [0.5, 0.6) is 0 Å². The lowest BCUT2D eigenvalue weighted by atomic mass is 9.82. The van der Waals surface area contributed by atoms with E-state index < -0.39 is 0 Å². The largest absolute Gasteiger partial charge is 0.308 e. The Morgan fingerprint density at radius 2 is 1.82 bits per heavy atom. The van der Waals surface area contributed by atoms with E-state index in [4.69, 9.17) is 0 Å². The fourth-order valence-corrected chi connectivity index (χ4v) is 2.44. The van der Waals surface area contributed by atoms with Crippen LogP contribution in [0.25, 0.3) is 0 Å². The minimum absolute atomic E-state index is 0.153. The first-order valence-corrected chi connectivity index (χ1v) is 6.33. The first-order chi connectivity index (χ1) is 7.61. The van der Waals surface area contributed by atoms with E-state index >= 15 is 0 Å². The second kappa shape index (κ2) is 4.81. The van der Waals surface area contributed by atoms with Gasteiger partial charge in [-0.3, -0.25) is 4.68 Å². The highest BCUT2D eigenvalue weighted by Gasteiger charge is 2.25. The number of hydrogen-bond donors (Lipinski definition) is 1. The Labute approximate surface area is 106 Å². The Balaban J connectivity index is 2.58. The molecule has 1 heterocycles. The number of rotatable bonds is 4. The molecule has 0 saturated heterocycles. The van der Waals surface area contributed by atoms with Gasteiger partial charge in [0.25, 0.3) is 0 Å². The van der Waals surface area contributed by atoms with E-state index in [1.165, 1.54) is 11.3 Å². The van der Waals surface area contributed by atoms with Crippen molar-refractivity contribution in [2.24, 2.45) is 12.5 Å². The van der Waals surface area contributed by atoms with Gasteiger partial charge in [-0.05, 0) is 32.6 Å². The molecular formula is C14H27N3. The van der Waals surface area contributed by atoms with Gasteiger partial charge < -0.3 is 5.32 Å². The molecule has 1 rings (SSSR count). The highest BCUT2D eigenvalue weighted by Crippen LogP contribution is 2.27. The number of hydrogen-bond acceptors (Lipinski definition) is 2. The van der Waals surface area contributed by atoms with Crippen LogP contribution in [0.15, 0.2) is 6.20 Å². The van der Waals surface area contributed by atoms with Gasteiger partial charge in [0.1, 0.15) is 0 Å². The summed E-state index contributed by atoms with van der Waals surface area (Å²) in [5, 5.41) is 7.90. The summed E-state index contributed by atoms with van der Waals surface area (Å²) in [5.74, 6) is 0. The first kappa shape index (κ1) is 14.2. The van der Waals surface area contributed by atoms with Crippen molar-refractivity contribution in [2.75, 3.05) is 0 Å². The third-order valence-corrected chi connectivity index (χ3v) is 3.07. The van der Waals surface area contributed by atoms with Crippen molar-refractivity contribution >= 4 is 0 Å². The maximum atomic E-state index is 4.27. The van der Waals surface area contributed by atoms with Gasteiger partial charge in [0, 0.05) is 30.4 Å². The Morgan fingerprint density at radius 1 is 1.24 bits per heavy atom. The maximum absolute atomic E-state index is 4.27. The molecule has 0 amide bonds. The van der Waals surface area contributed by atoms with Gasteiger partial charge in [0.15, 0.2) is 0 Å². The molecule has 0 aliphatic heterocycles. The van der Waals surface area contributed by atoms with Gasteiger partial charge in [0.05, 0.1) is 6.20 Å². The third kappa shape index (κ3) is 4.50. The summed E-state index contributed by atoms with van der Waals surface area (Å²) >= 11 is 0. The lowest BCUT2D eigenvalue weighted by molar-refractivity contribution is 0.240. The van der Waals surface area contributed by atoms with Crippen LogP contribution in [0.4, 0.5) is 0 Å². The van der Waals surface area contributed by atoms with Crippen LogP contribution >= 0.6 is 0 Å². The van der Waals surface area contributed by atoms with Gasteiger partial charge in [-0.25, -0.2) is 0 Å². The highest BCUT2D eigenvalue weighted by molar-refractivity contribution is 5.15. The van der Waals surface area contributed by atoms with Gasteiger partial charge >= 0.3 is 0 Å². The molecule has 0 unspecified atom stereocenters. The van der Waals surface area contributed by atoms with Crippen molar-refractivity contribution in [1.82, 2.24) is 15.1 Å². The third-order valence-electron chi connectivity index (χ3n) is 3.07. The minimum atomic E-state index is 0.153. The molecule has 0 bridgehead atoms. The molecule has 0 radical (unpaired) electrons. The monoisotopic (exact) mass is 237 g/mol. The van der Waals surface area contributed by atoms with E-state index in [1.54, 1.807) is 0 Å². The van der Waals surface area contributed by atoms with Crippen LogP contribution in [0, 0.1) is 12.3 Å². The van der Waals surface area contributed by atoms with Crippen molar-refractivity contribution in [3.05, 3.63) is 17.5 Å². The average Bonchev–Trinajstić information content (AvgIpc) is 2.41. The fraction of sp³-hybridized carbons (Fsp3) is 0.786. The van der Waals surface area contributed by atoms with Gasteiger partial charge in [-0.15, -0.1) is 0 Å². The zero-order valence-electron chi connectivity index (χ0n) is 12.4. The molecule has 17 heavy (non-hydrogen) atoms. The van der Waals surface area contributed by atoms with Crippen molar-refractivity contribution in [3.8, 4) is 0 Å². The van der Waals surface area contributed by atoms with Crippen molar-refractivity contribution in [3.63, 3.8) is 0 Å². The molecule has 0 aromatic carbocycles. The Hall–Kier alpha value is -0.830. The molecule has 0 aliphatic rings. The molecule has 0 fully saturated rings. The predicted octanol–water partition coefficient (Wildman–Crippen LogP) is 3.03. The molecule has 3 heteroatoms. The highest BCUT2D eigenvalue weighted by atomic mass is 15.3. The summed E-state index contributed by atoms with van der Waals surface area (Å²) < 4.78 is 1.92. The topological polar surface area (TPSA) is 29.9 Å². The van der Waals surface area contributed by atoms with Crippen LogP contribution in [0.3, 0.4) is 0 Å². The van der Waals surface area contributed by atoms with E-state index in [2.05, 4.69) is 52.0 Å². The molecule has 1 aromatic heterocycles. The molecule has 98 valence electrons. The Kier molecular flexibility index (Phi) is 4.03. The summed E-state index contributed by atoms with van der Waals surface area (Å²) in [5.41, 5.74) is 3.03. The number of aromatic nitrogens is 2. The second-order valence-electron chi connectivity index (χ2n) is 6.85. The normalized spacial score (nSPS) is 13.1. The zero-order chi connectivity index (χ0) is 13.3. The molecular weight excluding hydrogens is 210 g/mol. The summed E-state index contributed by atoms with van der Waals surface area (Å²) in [7, 11) is 1.99. The zero-order valence-corrected chi connectivity index (χ0v) is 12.4. The van der Waals surface area contributed by atoms with Crippen molar-refractivity contribution < 1.29 is 0 Å². The van der Waals surface area contributed by atoms with Gasteiger partial charge in [0.2, 0.25) is 0 Å². The van der Waals surface area contributed by atoms with E-state index in [9.17, 15) is 0 Å². The second-order valence-corrected chi connectivity index (χ2v) is 6.85. The van der Waals surface area contributed by atoms with Crippen LogP contribution in [-0.4, -0.2) is 15.3 Å². The lowest BCUT2D eigenvalue weighted by Crippen LogP contribution is -2.41. The summed E-state index contributed by atoms with van der Waals surface area (Å²) in [4.78, 5) is 0. The summed E-state index contributed by atoms with van der Waals surface area (Å²) in [6, 6.07) is 0. The van der Waals surface area contributed by atoms with E-state index in [0.29, 0.717) is 5.41 Å². The Bertz CT molecular complexity index is 369. The first-order valence-electron chi connectivity index (χ1n) is 6.33. The van der Waals surface area contributed by atoms with E-state index in [0.717, 1.165) is 13.0 Å². The smallest absolute Gasteiger partial charge is 0.0537 e. The quantitative estimate of drug-likeness (QED) is 0.872. The lowest BCUT2D eigenvalue weighted by Gasteiger charge is -2.33. The molecule has 0 spiro atoms. The summed E-state index contributed by atoms with van der Waals surface area (Å²) in [6.45, 7) is 14.4. The number of nitrogens with one attached hydrogen (secondary N) is 1. The number of aryl methyl sites for hydroxylation is 1. The fourth-order valence-electron chi connectivity index (χ4n) is 2.44. The molecule has 0 atom stereocenters.